The molecule has 0 amide bonds. The normalized spacial score (nSPS) is 10.9. The van der Waals surface area contributed by atoms with E-state index >= 15 is 0 Å². The Labute approximate surface area is 113 Å². The maximum atomic E-state index is 6.27. The number of hydrogen-bond acceptors (Lipinski definition) is 0. The molecule has 84 valence electrons. The average molecular weight is 307 g/mol. The molecule has 1 heterocycles. The summed E-state index contributed by atoms with van der Waals surface area (Å²) in [5, 5.41) is 1.95. The number of rotatable bonds is 1. The Morgan fingerprint density at radius 1 is 1.00 bits per heavy atom. The molecule has 0 spiro atoms. The van der Waals surface area contributed by atoms with E-state index in [9.17, 15) is 0 Å². The maximum absolute atomic E-state index is 6.27. The van der Waals surface area contributed by atoms with E-state index in [2.05, 4.69) is 38.7 Å². The van der Waals surface area contributed by atoms with Gasteiger partial charge in [-0.05, 0) is 35.7 Å². The molecule has 17 heavy (non-hydrogen) atoms. The Kier molecular flexibility index (Phi) is 2.69. The van der Waals surface area contributed by atoms with Gasteiger partial charge < -0.3 is 4.57 Å². The summed E-state index contributed by atoms with van der Waals surface area (Å²) < 4.78 is 3.09. The van der Waals surface area contributed by atoms with Crippen molar-refractivity contribution in [2.24, 2.45) is 0 Å². The highest BCUT2D eigenvalue weighted by molar-refractivity contribution is 9.10. The topological polar surface area (TPSA) is 4.93 Å². The monoisotopic (exact) mass is 305 g/mol. The molecule has 1 aromatic heterocycles. The van der Waals surface area contributed by atoms with Gasteiger partial charge in [0.15, 0.2) is 0 Å². The Morgan fingerprint density at radius 2 is 1.82 bits per heavy atom. The highest BCUT2D eigenvalue weighted by Crippen LogP contribution is 2.28. The molecule has 0 atom stereocenters. The predicted molar refractivity (Wildman–Crippen MR) is 76.0 cm³/mol. The molecule has 0 aliphatic carbocycles. The fraction of sp³-hybridized carbons (Fsp3) is 0. The number of halogens is 2. The van der Waals surface area contributed by atoms with Gasteiger partial charge in [-0.15, -0.1) is 0 Å². The molecule has 0 aliphatic rings. The molecule has 0 aliphatic heterocycles. The lowest BCUT2D eigenvalue weighted by Gasteiger charge is -2.08. The Balaban J connectivity index is 2.27. The van der Waals surface area contributed by atoms with Crippen molar-refractivity contribution < 1.29 is 0 Å². The molecular weight excluding hydrogens is 298 g/mol. The summed E-state index contributed by atoms with van der Waals surface area (Å²) >= 11 is 9.69. The maximum Gasteiger partial charge on any atom is 0.0657 e. The van der Waals surface area contributed by atoms with Crippen molar-refractivity contribution in [1.82, 2.24) is 4.57 Å². The number of aromatic nitrogens is 1. The van der Waals surface area contributed by atoms with E-state index in [4.69, 9.17) is 11.6 Å². The summed E-state index contributed by atoms with van der Waals surface area (Å²) in [5.41, 5.74) is 2.16. The van der Waals surface area contributed by atoms with Gasteiger partial charge in [0.1, 0.15) is 0 Å². The van der Waals surface area contributed by atoms with Crippen LogP contribution in [0.3, 0.4) is 0 Å². The Hall–Kier alpha value is -1.25. The summed E-state index contributed by atoms with van der Waals surface area (Å²) in [7, 11) is 0. The van der Waals surface area contributed by atoms with Gasteiger partial charge in [0.05, 0.1) is 16.2 Å². The first-order chi connectivity index (χ1) is 8.25. The number of fused-ring (bicyclic) bond motifs is 1. The number of hydrogen-bond donors (Lipinski definition) is 0. The van der Waals surface area contributed by atoms with E-state index in [1.54, 1.807) is 0 Å². The summed E-state index contributed by atoms with van der Waals surface area (Å²) in [6.07, 6.45) is 2.04. The van der Waals surface area contributed by atoms with Crippen LogP contribution in [0.4, 0.5) is 0 Å². The van der Waals surface area contributed by atoms with Crippen LogP contribution in [-0.2, 0) is 0 Å². The lowest BCUT2D eigenvalue weighted by Crippen LogP contribution is -1.92. The number of benzene rings is 2. The van der Waals surface area contributed by atoms with Crippen LogP contribution in [0.25, 0.3) is 16.6 Å². The fourth-order valence-electron chi connectivity index (χ4n) is 1.97. The first-order valence-corrected chi connectivity index (χ1v) is 6.44. The van der Waals surface area contributed by atoms with Crippen molar-refractivity contribution in [1.29, 1.82) is 0 Å². The van der Waals surface area contributed by atoms with Crippen molar-refractivity contribution in [2.75, 3.05) is 0 Å². The largest absolute Gasteiger partial charge is 0.315 e. The predicted octanol–water partition coefficient (Wildman–Crippen LogP) is 5.05. The summed E-state index contributed by atoms with van der Waals surface area (Å²) in [6.45, 7) is 0. The van der Waals surface area contributed by atoms with Crippen molar-refractivity contribution in [2.45, 2.75) is 0 Å². The quantitative estimate of drug-likeness (QED) is 0.593. The van der Waals surface area contributed by atoms with E-state index in [-0.39, 0.29) is 0 Å². The van der Waals surface area contributed by atoms with Gasteiger partial charge in [0, 0.05) is 10.7 Å². The van der Waals surface area contributed by atoms with Gasteiger partial charge in [0.25, 0.3) is 0 Å². The van der Waals surface area contributed by atoms with Gasteiger partial charge >= 0.3 is 0 Å². The first kappa shape index (κ1) is 10.9. The number of nitrogens with zero attached hydrogens (tertiary/aromatic N) is 1. The lowest BCUT2D eigenvalue weighted by molar-refractivity contribution is 1.13. The zero-order chi connectivity index (χ0) is 11.8. The molecule has 0 saturated heterocycles. The van der Waals surface area contributed by atoms with Crippen LogP contribution >= 0.6 is 27.5 Å². The molecule has 0 radical (unpaired) electrons. The third-order valence-corrected chi connectivity index (χ3v) is 3.56. The van der Waals surface area contributed by atoms with Gasteiger partial charge in [0.2, 0.25) is 0 Å². The molecule has 0 bridgehead atoms. The van der Waals surface area contributed by atoms with E-state index in [1.807, 2.05) is 36.5 Å². The van der Waals surface area contributed by atoms with Crippen LogP contribution in [0, 0.1) is 0 Å². The minimum Gasteiger partial charge on any atom is -0.315 e. The van der Waals surface area contributed by atoms with E-state index in [1.165, 1.54) is 5.39 Å². The van der Waals surface area contributed by atoms with Crippen LogP contribution in [0.1, 0.15) is 0 Å². The average Bonchev–Trinajstić information content (AvgIpc) is 2.73. The van der Waals surface area contributed by atoms with Gasteiger partial charge in [-0.2, -0.15) is 0 Å². The standard InChI is InChI=1S/C14H9BrClN/c15-11-5-6-14(12(16)9-11)17-8-7-10-3-1-2-4-13(10)17/h1-9H. The summed E-state index contributed by atoms with van der Waals surface area (Å²) in [6, 6.07) is 16.3. The van der Waals surface area contributed by atoms with Crippen LogP contribution in [0.2, 0.25) is 5.02 Å². The van der Waals surface area contributed by atoms with Crippen molar-refractivity contribution >= 4 is 38.4 Å². The van der Waals surface area contributed by atoms with E-state index in [0.717, 1.165) is 20.7 Å². The molecule has 0 N–H and O–H groups in total. The Bertz CT molecular complexity index is 688. The van der Waals surface area contributed by atoms with E-state index in [0.29, 0.717) is 0 Å². The van der Waals surface area contributed by atoms with Crippen LogP contribution < -0.4 is 0 Å². The second kappa shape index (κ2) is 4.21. The molecule has 0 saturated carbocycles. The summed E-state index contributed by atoms with van der Waals surface area (Å²) in [4.78, 5) is 0. The molecule has 2 aromatic carbocycles. The van der Waals surface area contributed by atoms with Gasteiger partial charge in [-0.25, -0.2) is 0 Å². The lowest BCUT2D eigenvalue weighted by atomic mass is 10.2. The van der Waals surface area contributed by atoms with Crippen LogP contribution in [-0.4, -0.2) is 4.57 Å². The minimum atomic E-state index is 0.737. The summed E-state index contributed by atoms with van der Waals surface area (Å²) in [5.74, 6) is 0. The SMILES string of the molecule is Clc1cc(Br)ccc1-n1ccc2ccccc21. The molecule has 3 rings (SSSR count). The third kappa shape index (κ3) is 1.88. The second-order valence-electron chi connectivity index (χ2n) is 3.84. The van der Waals surface area contributed by atoms with E-state index < -0.39 is 0 Å². The van der Waals surface area contributed by atoms with Crippen molar-refractivity contribution in [3.05, 3.63) is 64.2 Å². The molecule has 0 fully saturated rings. The zero-order valence-corrected chi connectivity index (χ0v) is 11.2. The second-order valence-corrected chi connectivity index (χ2v) is 5.16. The number of para-hydroxylation sites is 1. The highest BCUT2D eigenvalue weighted by atomic mass is 79.9. The van der Waals surface area contributed by atoms with Crippen LogP contribution in [0.5, 0.6) is 0 Å². The van der Waals surface area contributed by atoms with Gasteiger partial charge in [-0.1, -0.05) is 45.7 Å². The highest BCUT2D eigenvalue weighted by Gasteiger charge is 2.06. The van der Waals surface area contributed by atoms with Gasteiger partial charge in [-0.3, -0.25) is 0 Å². The molecule has 0 unspecified atom stereocenters. The smallest absolute Gasteiger partial charge is 0.0657 e. The zero-order valence-electron chi connectivity index (χ0n) is 8.90. The molecule has 3 aromatic rings. The third-order valence-electron chi connectivity index (χ3n) is 2.77. The van der Waals surface area contributed by atoms with Crippen LogP contribution in [0.15, 0.2) is 59.2 Å². The van der Waals surface area contributed by atoms with Crippen molar-refractivity contribution in [3.8, 4) is 5.69 Å². The molecule has 1 nitrogen and oxygen atoms in total. The molecule has 3 heteroatoms. The Morgan fingerprint density at radius 3 is 2.65 bits per heavy atom. The first-order valence-electron chi connectivity index (χ1n) is 5.27. The molecular formula is C14H9BrClN. The minimum absolute atomic E-state index is 0.737. The fourth-order valence-corrected chi connectivity index (χ4v) is 2.73. The van der Waals surface area contributed by atoms with Crippen molar-refractivity contribution in [3.63, 3.8) is 0 Å².